The Balaban J connectivity index is 2.31. The smallest absolute Gasteiger partial charge is 0.326 e. The first-order chi connectivity index (χ1) is 11.7. The second-order valence-electron chi connectivity index (χ2n) is 5.92. The van der Waals surface area contributed by atoms with E-state index >= 15 is 0 Å². The van der Waals surface area contributed by atoms with Gasteiger partial charge in [0.05, 0.1) is 11.0 Å². The Morgan fingerprint density at radius 3 is 2.60 bits per heavy atom. The fourth-order valence-electron chi connectivity index (χ4n) is 2.58. The zero-order chi connectivity index (χ0) is 18.6. The molecule has 1 aromatic heterocycles. The van der Waals surface area contributed by atoms with E-state index in [0.29, 0.717) is 23.9 Å². The molecule has 25 heavy (non-hydrogen) atoms. The second-order valence-corrected chi connectivity index (χ2v) is 8.06. The van der Waals surface area contributed by atoms with Gasteiger partial charge in [0.25, 0.3) is 0 Å². The second kappa shape index (κ2) is 7.64. The van der Waals surface area contributed by atoms with Gasteiger partial charge in [-0.1, -0.05) is 25.5 Å². The number of rotatable bonds is 8. The minimum absolute atomic E-state index is 0.196. The number of para-hydroxylation sites is 2. The van der Waals surface area contributed by atoms with Crippen LogP contribution in [0.3, 0.4) is 0 Å². The van der Waals surface area contributed by atoms with Gasteiger partial charge in [-0.15, -0.1) is 0 Å². The number of carboxylic acid groups (broad SMARTS) is 1. The molecule has 0 aliphatic rings. The first-order valence-electron chi connectivity index (χ1n) is 7.85. The Morgan fingerprint density at radius 1 is 1.32 bits per heavy atom. The van der Waals surface area contributed by atoms with Gasteiger partial charge in [0.2, 0.25) is 5.91 Å². The molecule has 9 heteroatoms. The van der Waals surface area contributed by atoms with Crippen LogP contribution >= 0.6 is 0 Å². The van der Waals surface area contributed by atoms with E-state index in [-0.39, 0.29) is 18.1 Å². The highest BCUT2D eigenvalue weighted by Crippen LogP contribution is 2.17. The lowest BCUT2D eigenvalue weighted by atomic mass is 10.1. The van der Waals surface area contributed by atoms with Crippen LogP contribution in [0.2, 0.25) is 0 Å². The molecule has 0 spiro atoms. The van der Waals surface area contributed by atoms with Gasteiger partial charge < -0.3 is 15.0 Å². The van der Waals surface area contributed by atoms with Crippen molar-refractivity contribution >= 4 is 32.7 Å². The third-order valence-corrected chi connectivity index (χ3v) is 4.42. The molecule has 0 fully saturated rings. The van der Waals surface area contributed by atoms with Gasteiger partial charge >= 0.3 is 5.97 Å². The van der Waals surface area contributed by atoms with Crippen LogP contribution in [0.5, 0.6) is 0 Å². The van der Waals surface area contributed by atoms with Crippen LogP contribution in [0.25, 0.3) is 11.0 Å². The summed E-state index contributed by atoms with van der Waals surface area (Å²) in [7, 11) is -3.34. The highest BCUT2D eigenvalue weighted by Gasteiger charge is 2.21. The maximum atomic E-state index is 12.3. The maximum absolute atomic E-state index is 12.3. The lowest BCUT2D eigenvalue weighted by Crippen LogP contribution is -2.42. The van der Waals surface area contributed by atoms with Crippen LogP contribution in [0.1, 0.15) is 25.6 Å². The molecule has 2 aromatic rings. The summed E-state index contributed by atoms with van der Waals surface area (Å²) in [6, 6.07) is 6.03. The van der Waals surface area contributed by atoms with E-state index in [9.17, 15) is 18.0 Å². The maximum Gasteiger partial charge on any atom is 0.326 e. The summed E-state index contributed by atoms with van der Waals surface area (Å²) in [5.41, 5.74) is 1.20. The number of amides is 1. The number of aromatic nitrogens is 2. The number of sulfone groups is 1. The summed E-state index contributed by atoms with van der Waals surface area (Å²) in [5, 5.41) is 11.6. The summed E-state index contributed by atoms with van der Waals surface area (Å²) in [5.74, 6) is -1.64. The quantitative estimate of drug-likeness (QED) is 0.717. The van der Waals surface area contributed by atoms with Gasteiger partial charge in [0.15, 0.2) is 9.84 Å². The monoisotopic (exact) mass is 367 g/mol. The van der Waals surface area contributed by atoms with Gasteiger partial charge in [-0.3, -0.25) is 4.79 Å². The van der Waals surface area contributed by atoms with Crippen molar-refractivity contribution < 1.29 is 23.1 Å². The summed E-state index contributed by atoms with van der Waals surface area (Å²) >= 11 is 0. The predicted molar refractivity (Wildman–Crippen MR) is 92.8 cm³/mol. The van der Waals surface area contributed by atoms with Crippen molar-refractivity contribution in [2.45, 2.75) is 38.1 Å². The molecular weight excluding hydrogens is 346 g/mol. The topological polar surface area (TPSA) is 118 Å². The Morgan fingerprint density at radius 2 is 2.00 bits per heavy atom. The average molecular weight is 367 g/mol. The van der Waals surface area contributed by atoms with Crippen LogP contribution in [0, 0.1) is 0 Å². The van der Waals surface area contributed by atoms with Crippen molar-refractivity contribution in [3.63, 3.8) is 0 Å². The van der Waals surface area contributed by atoms with Crippen molar-refractivity contribution in [2.75, 3.05) is 6.26 Å². The first-order valence-corrected chi connectivity index (χ1v) is 9.91. The minimum atomic E-state index is -3.34. The van der Waals surface area contributed by atoms with E-state index in [1.807, 2.05) is 6.92 Å². The summed E-state index contributed by atoms with van der Waals surface area (Å²) in [6.07, 6.45) is 2.03. The molecule has 1 amide bonds. The summed E-state index contributed by atoms with van der Waals surface area (Å²) in [4.78, 5) is 27.8. The molecule has 0 saturated heterocycles. The molecular formula is C16H21N3O5S. The van der Waals surface area contributed by atoms with Gasteiger partial charge in [-0.05, 0) is 18.6 Å². The number of nitrogens with one attached hydrogen (secondary N) is 1. The number of benzene rings is 1. The number of imidazole rings is 1. The highest BCUT2D eigenvalue weighted by atomic mass is 32.2. The zero-order valence-electron chi connectivity index (χ0n) is 14.1. The van der Waals surface area contributed by atoms with E-state index in [1.54, 1.807) is 24.3 Å². The number of aliphatic carboxylic acids is 1. The molecule has 0 aliphatic carbocycles. The molecule has 2 N–H and O–H groups in total. The Hall–Kier alpha value is -2.42. The van der Waals surface area contributed by atoms with E-state index in [2.05, 4.69) is 10.3 Å². The Bertz CT molecular complexity index is 888. The molecule has 0 aliphatic heterocycles. The lowest BCUT2D eigenvalue weighted by Gasteiger charge is -2.15. The van der Waals surface area contributed by atoms with E-state index in [0.717, 1.165) is 6.26 Å². The van der Waals surface area contributed by atoms with Crippen LogP contribution in [-0.2, 0) is 31.7 Å². The molecule has 1 unspecified atom stereocenters. The third kappa shape index (κ3) is 5.02. The molecule has 136 valence electrons. The standard InChI is InChI=1S/C16H21N3O5S/c1-3-6-12(16(21)22)18-15(20)9-19-13-8-5-4-7-11(13)17-14(19)10-25(2,23)24/h4-5,7-8,12H,3,6,9-10H2,1-2H3,(H,18,20)(H,21,22). The molecule has 1 aromatic carbocycles. The SMILES string of the molecule is CCCC(NC(=O)Cn1c(CS(C)(=O)=O)nc2ccccc21)C(=O)O. The molecule has 0 radical (unpaired) electrons. The van der Waals surface area contributed by atoms with Crippen LogP contribution < -0.4 is 5.32 Å². The number of carbonyl (C=O) groups is 2. The number of carbonyl (C=O) groups excluding carboxylic acids is 1. The van der Waals surface area contributed by atoms with E-state index < -0.39 is 27.8 Å². The minimum Gasteiger partial charge on any atom is -0.480 e. The van der Waals surface area contributed by atoms with Gasteiger partial charge in [0, 0.05) is 6.26 Å². The largest absolute Gasteiger partial charge is 0.480 e. The fourth-order valence-corrected chi connectivity index (χ4v) is 3.27. The van der Waals surface area contributed by atoms with Crippen LogP contribution in [0.15, 0.2) is 24.3 Å². The molecule has 2 rings (SSSR count). The molecule has 0 saturated carbocycles. The molecule has 0 bridgehead atoms. The van der Waals surface area contributed by atoms with Crippen molar-refractivity contribution in [3.05, 3.63) is 30.1 Å². The zero-order valence-corrected chi connectivity index (χ0v) is 14.9. The Kier molecular flexibility index (Phi) is 5.78. The van der Waals surface area contributed by atoms with Crippen LogP contribution in [-0.4, -0.2) is 47.2 Å². The Labute approximate surface area is 145 Å². The number of carboxylic acids is 1. The number of hydrogen-bond acceptors (Lipinski definition) is 5. The fraction of sp³-hybridized carbons (Fsp3) is 0.438. The lowest BCUT2D eigenvalue weighted by molar-refractivity contribution is -0.142. The molecule has 8 nitrogen and oxygen atoms in total. The van der Waals surface area contributed by atoms with Crippen molar-refractivity contribution in [3.8, 4) is 0 Å². The number of fused-ring (bicyclic) bond motifs is 1. The highest BCUT2D eigenvalue weighted by molar-refractivity contribution is 7.89. The van der Waals surface area contributed by atoms with Crippen molar-refractivity contribution in [1.82, 2.24) is 14.9 Å². The first kappa shape index (κ1) is 18.9. The van der Waals surface area contributed by atoms with Gasteiger partial charge in [-0.25, -0.2) is 18.2 Å². The number of nitrogens with zero attached hydrogens (tertiary/aromatic N) is 2. The molecule has 1 heterocycles. The van der Waals surface area contributed by atoms with Crippen molar-refractivity contribution in [1.29, 1.82) is 0 Å². The average Bonchev–Trinajstić information content (AvgIpc) is 2.82. The van der Waals surface area contributed by atoms with Gasteiger partial charge in [0.1, 0.15) is 24.2 Å². The third-order valence-electron chi connectivity index (χ3n) is 3.64. The summed E-state index contributed by atoms with van der Waals surface area (Å²) in [6.45, 7) is 1.63. The van der Waals surface area contributed by atoms with E-state index in [4.69, 9.17) is 5.11 Å². The van der Waals surface area contributed by atoms with Gasteiger partial charge in [-0.2, -0.15) is 0 Å². The number of hydrogen-bond donors (Lipinski definition) is 2. The predicted octanol–water partition coefficient (Wildman–Crippen LogP) is 0.950. The normalized spacial score (nSPS) is 12.9. The van der Waals surface area contributed by atoms with Crippen LogP contribution in [0.4, 0.5) is 0 Å². The van der Waals surface area contributed by atoms with Crippen molar-refractivity contribution in [2.24, 2.45) is 0 Å². The molecule has 1 atom stereocenters. The van der Waals surface area contributed by atoms with E-state index in [1.165, 1.54) is 4.57 Å². The summed E-state index contributed by atoms with van der Waals surface area (Å²) < 4.78 is 24.8.